The van der Waals surface area contributed by atoms with Crippen LogP contribution in [0.3, 0.4) is 0 Å². The zero-order valence-electron chi connectivity index (χ0n) is 17.9. The first-order valence-corrected chi connectivity index (χ1v) is 10.6. The summed E-state index contributed by atoms with van der Waals surface area (Å²) < 4.78 is 2.28. The van der Waals surface area contributed by atoms with E-state index < -0.39 is 0 Å². The standard InChI is InChI=1S/C22H37N5O/c1-5-23-22(25-16-19(11-14-28)15-17(2)3)24-12-8-13-27-18(4)26-20-9-6-7-10-21(20)27/h6-7,9-10,17,19,28H,5,8,11-16H2,1-4H3,(H2,23,24,25). The summed E-state index contributed by atoms with van der Waals surface area (Å²) >= 11 is 0. The number of hydrogen-bond donors (Lipinski definition) is 3. The lowest BCUT2D eigenvalue weighted by Gasteiger charge is -2.17. The van der Waals surface area contributed by atoms with Crippen LogP contribution in [-0.2, 0) is 6.54 Å². The van der Waals surface area contributed by atoms with Crippen molar-refractivity contribution in [2.75, 3.05) is 26.2 Å². The largest absolute Gasteiger partial charge is 0.396 e. The second kappa shape index (κ2) is 11.7. The van der Waals surface area contributed by atoms with Gasteiger partial charge < -0.3 is 20.3 Å². The molecule has 6 heteroatoms. The van der Waals surface area contributed by atoms with Crippen molar-refractivity contribution in [1.29, 1.82) is 0 Å². The fraction of sp³-hybridized carbons (Fsp3) is 0.636. The summed E-state index contributed by atoms with van der Waals surface area (Å²) in [6.07, 6.45) is 2.90. The van der Waals surface area contributed by atoms with Gasteiger partial charge >= 0.3 is 0 Å². The number of aliphatic hydroxyl groups is 1. The predicted octanol–water partition coefficient (Wildman–Crippen LogP) is 3.33. The van der Waals surface area contributed by atoms with Gasteiger partial charge in [0.25, 0.3) is 0 Å². The summed E-state index contributed by atoms with van der Waals surface area (Å²) in [4.78, 5) is 9.38. The van der Waals surface area contributed by atoms with Crippen LogP contribution in [0.5, 0.6) is 0 Å². The molecule has 0 amide bonds. The average Bonchev–Trinajstić information content (AvgIpc) is 2.98. The maximum Gasteiger partial charge on any atom is 0.191 e. The second-order valence-electron chi connectivity index (χ2n) is 7.81. The number of aryl methyl sites for hydroxylation is 2. The minimum Gasteiger partial charge on any atom is -0.396 e. The summed E-state index contributed by atoms with van der Waals surface area (Å²) in [5.41, 5.74) is 2.25. The summed E-state index contributed by atoms with van der Waals surface area (Å²) in [6.45, 7) is 12.2. The van der Waals surface area contributed by atoms with E-state index in [2.05, 4.69) is 66.1 Å². The monoisotopic (exact) mass is 387 g/mol. The highest BCUT2D eigenvalue weighted by atomic mass is 16.3. The molecule has 2 rings (SSSR count). The van der Waals surface area contributed by atoms with Crippen LogP contribution >= 0.6 is 0 Å². The van der Waals surface area contributed by atoms with E-state index in [-0.39, 0.29) is 6.61 Å². The van der Waals surface area contributed by atoms with Crippen molar-refractivity contribution in [3.63, 3.8) is 0 Å². The highest BCUT2D eigenvalue weighted by Gasteiger charge is 2.11. The van der Waals surface area contributed by atoms with Gasteiger partial charge in [-0.05, 0) is 57.1 Å². The van der Waals surface area contributed by atoms with Crippen molar-refractivity contribution in [2.24, 2.45) is 16.8 Å². The van der Waals surface area contributed by atoms with Crippen molar-refractivity contribution in [1.82, 2.24) is 20.2 Å². The fourth-order valence-electron chi connectivity index (χ4n) is 3.62. The first-order valence-electron chi connectivity index (χ1n) is 10.6. The Morgan fingerprint density at radius 2 is 2.04 bits per heavy atom. The van der Waals surface area contributed by atoms with Gasteiger partial charge in [0.05, 0.1) is 11.0 Å². The number of aliphatic hydroxyl groups excluding tert-OH is 1. The highest BCUT2D eigenvalue weighted by molar-refractivity contribution is 5.79. The van der Waals surface area contributed by atoms with E-state index in [0.717, 1.165) is 62.7 Å². The van der Waals surface area contributed by atoms with Crippen molar-refractivity contribution >= 4 is 17.0 Å². The number of aliphatic imine (C=N–C) groups is 1. The van der Waals surface area contributed by atoms with Crippen molar-refractivity contribution < 1.29 is 5.11 Å². The van der Waals surface area contributed by atoms with Crippen molar-refractivity contribution in [3.05, 3.63) is 30.1 Å². The second-order valence-corrected chi connectivity index (χ2v) is 7.81. The minimum atomic E-state index is 0.231. The number of nitrogens with zero attached hydrogens (tertiary/aromatic N) is 3. The van der Waals surface area contributed by atoms with E-state index >= 15 is 0 Å². The number of aromatic nitrogens is 2. The van der Waals surface area contributed by atoms with Gasteiger partial charge in [-0.1, -0.05) is 26.0 Å². The molecule has 1 atom stereocenters. The lowest BCUT2D eigenvalue weighted by atomic mass is 9.94. The third-order valence-electron chi connectivity index (χ3n) is 4.89. The highest BCUT2D eigenvalue weighted by Crippen LogP contribution is 2.16. The molecule has 0 saturated carbocycles. The number of guanidine groups is 1. The van der Waals surface area contributed by atoms with Crippen molar-refractivity contribution in [3.8, 4) is 0 Å². The maximum absolute atomic E-state index is 9.29. The Kier molecular flexibility index (Phi) is 9.28. The SMILES string of the molecule is CCNC(=NCC(CCO)CC(C)C)NCCCn1c(C)nc2ccccc21. The molecule has 1 aromatic carbocycles. The molecule has 156 valence electrons. The number of rotatable bonds is 11. The molecule has 28 heavy (non-hydrogen) atoms. The topological polar surface area (TPSA) is 74.5 Å². The number of benzene rings is 1. The third kappa shape index (κ3) is 6.82. The molecular formula is C22H37N5O. The molecule has 0 bridgehead atoms. The number of hydrogen-bond acceptors (Lipinski definition) is 3. The molecule has 0 saturated heterocycles. The third-order valence-corrected chi connectivity index (χ3v) is 4.89. The Morgan fingerprint density at radius 3 is 2.75 bits per heavy atom. The molecule has 0 radical (unpaired) electrons. The lowest BCUT2D eigenvalue weighted by molar-refractivity contribution is 0.245. The molecule has 1 heterocycles. The van der Waals surface area contributed by atoms with Gasteiger partial charge in [-0.2, -0.15) is 0 Å². The van der Waals surface area contributed by atoms with Crippen LogP contribution in [-0.4, -0.2) is 46.9 Å². The molecule has 1 unspecified atom stereocenters. The van der Waals surface area contributed by atoms with Gasteiger partial charge in [0.15, 0.2) is 5.96 Å². The van der Waals surface area contributed by atoms with Crippen LogP contribution in [0.4, 0.5) is 0 Å². The summed E-state index contributed by atoms with van der Waals surface area (Å²) in [5, 5.41) is 16.1. The Balaban J connectivity index is 1.87. The van der Waals surface area contributed by atoms with Crippen LogP contribution < -0.4 is 10.6 Å². The molecule has 2 aromatic rings. The van der Waals surface area contributed by atoms with Crippen molar-refractivity contribution in [2.45, 2.75) is 53.5 Å². The molecule has 0 aliphatic carbocycles. The number of imidazole rings is 1. The van der Waals surface area contributed by atoms with Crippen LogP contribution in [0.1, 0.15) is 45.9 Å². The minimum absolute atomic E-state index is 0.231. The van der Waals surface area contributed by atoms with Crippen LogP contribution in [0.25, 0.3) is 11.0 Å². The van der Waals surface area contributed by atoms with Crippen LogP contribution in [0.15, 0.2) is 29.3 Å². The molecule has 3 N–H and O–H groups in total. The van der Waals surface area contributed by atoms with E-state index in [4.69, 9.17) is 4.99 Å². The first kappa shape index (κ1) is 22.2. The summed E-state index contributed by atoms with van der Waals surface area (Å²) in [7, 11) is 0. The zero-order valence-corrected chi connectivity index (χ0v) is 17.9. The Morgan fingerprint density at radius 1 is 1.25 bits per heavy atom. The average molecular weight is 388 g/mol. The van der Waals surface area contributed by atoms with Gasteiger partial charge in [-0.15, -0.1) is 0 Å². The van der Waals surface area contributed by atoms with Gasteiger partial charge in [0.1, 0.15) is 5.82 Å². The molecular weight excluding hydrogens is 350 g/mol. The van der Waals surface area contributed by atoms with Gasteiger partial charge in [0.2, 0.25) is 0 Å². The smallest absolute Gasteiger partial charge is 0.191 e. The van der Waals surface area contributed by atoms with Gasteiger partial charge in [0, 0.05) is 32.8 Å². The Labute approximate surface area is 169 Å². The first-order chi connectivity index (χ1) is 13.5. The van der Waals surface area contributed by atoms with Crippen LogP contribution in [0, 0.1) is 18.8 Å². The van der Waals surface area contributed by atoms with E-state index in [1.54, 1.807) is 0 Å². The molecule has 0 aliphatic heterocycles. The molecule has 0 spiro atoms. The molecule has 1 aromatic heterocycles. The van der Waals surface area contributed by atoms with E-state index in [1.807, 2.05) is 6.07 Å². The lowest BCUT2D eigenvalue weighted by Crippen LogP contribution is -2.38. The van der Waals surface area contributed by atoms with Gasteiger partial charge in [-0.3, -0.25) is 4.99 Å². The van der Waals surface area contributed by atoms with E-state index in [0.29, 0.717) is 11.8 Å². The molecule has 0 aliphatic rings. The molecule has 0 fully saturated rings. The summed E-state index contributed by atoms with van der Waals surface area (Å²) in [5.74, 6) is 2.97. The fourth-order valence-corrected chi connectivity index (χ4v) is 3.62. The van der Waals surface area contributed by atoms with Crippen LogP contribution in [0.2, 0.25) is 0 Å². The Bertz CT molecular complexity index is 738. The zero-order chi connectivity index (χ0) is 20.4. The number of fused-ring (bicyclic) bond motifs is 1. The normalized spacial score (nSPS) is 13.3. The van der Waals surface area contributed by atoms with E-state index in [1.165, 1.54) is 5.52 Å². The molecule has 6 nitrogen and oxygen atoms in total. The predicted molar refractivity (Wildman–Crippen MR) is 118 cm³/mol. The Hall–Kier alpha value is -2.08. The van der Waals surface area contributed by atoms with Gasteiger partial charge in [-0.25, -0.2) is 4.98 Å². The summed E-state index contributed by atoms with van der Waals surface area (Å²) in [6, 6.07) is 8.29. The van der Waals surface area contributed by atoms with E-state index in [9.17, 15) is 5.11 Å². The maximum atomic E-state index is 9.29. The quantitative estimate of drug-likeness (QED) is 0.314. The number of nitrogens with one attached hydrogen (secondary N) is 2. The number of para-hydroxylation sites is 2.